The van der Waals surface area contributed by atoms with Crippen molar-refractivity contribution in [1.29, 1.82) is 0 Å². The third kappa shape index (κ3) is 4.07. The largest absolute Gasteiger partial charge is 0.421 e. The van der Waals surface area contributed by atoms with Crippen molar-refractivity contribution in [1.82, 2.24) is 14.3 Å². The molecule has 1 atom stereocenters. The summed E-state index contributed by atoms with van der Waals surface area (Å²) in [6, 6.07) is -0.182. The van der Waals surface area contributed by atoms with Gasteiger partial charge in [-0.3, -0.25) is 0 Å². The van der Waals surface area contributed by atoms with Gasteiger partial charge in [-0.1, -0.05) is 0 Å². The van der Waals surface area contributed by atoms with Crippen molar-refractivity contribution < 1.29 is 21.6 Å². The summed E-state index contributed by atoms with van der Waals surface area (Å²) >= 11 is 0. The second-order valence-electron chi connectivity index (χ2n) is 5.17. The lowest BCUT2D eigenvalue weighted by Crippen LogP contribution is -2.35. The van der Waals surface area contributed by atoms with Crippen LogP contribution in [0.4, 0.5) is 19.0 Å². The molecule has 0 aliphatic carbocycles. The van der Waals surface area contributed by atoms with Crippen molar-refractivity contribution in [2.75, 3.05) is 24.7 Å². The summed E-state index contributed by atoms with van der Waals surface area (Å²) in [6.07, 6.45) is 0.266. The second-order valence-corrected chi connectivity index (χ2v) is 7.10. The zero-order valence-electron chi connectivity index (χ0n) is 12.0. The first-order valence-corrected chi connectivity index (χ1v) is 8.62. The van der Waals surface area contributed by atoms with Crippen LogP contribution in [0, 0.1) is 0 Å². The minimum Gasteiger partial charge on any atom is -0.369 e. The third-order valence-corrected chi connectivity index (χ3v) is 4.87. The first-order valence-electron chi connectivity index (χ1n) is 6.77. The van der Waals surface area contributed by atoms with Crippen LogP contribution in [0.5, 0.6) is 0 Å². The standard InChI is InChI=1S/C12H17F3N4O2S/c1-22(20,21)19-6-2-3-9(19)4-5-17-11-10(12(13,14)15)7-16-8-18-11/h7-9H,2-6H2,1H3,(H,16,17,18)/t9-/m1/s1. The molecule has 2 heterocycles. The molecule has 0 unspecified atom stereocenters. The minimum absolute atomic E-state index is 0.182. The Bertz CT molecular complexity index is 621. The molecule has 1 aromatic heterocycles. The SMILES string of the molecule is CS(=O)(=O)N1CCC[C@@H]1CCNc1ncncc1C(F)(F)F. The van der Waals surface area contributed by atoms with Crippen LogP contribution in [-0.2, 0) is 16.2 Å². The smallest absolute Gasteiger partial charge is 0.369 e. The van der Waals surface area contributed by atoms with Crippen LogP contribution in [0.2, 0.25) is 0 Å². The Morgan fingerprint density at radius 3 is 2.82 bits per heavy atom. The van der Waals surface area contributed by atoms with Crippen molar-refractivity contribution >= 4 is 15.8 Å². The maximum Gasteiger partial charge on any atom is 0.421 e. The van der Waals surface area contributed by atoms with Crippen molar-refractivity contribution in [2.24, 2.45) is 0 Å². The molecule has 1 fully saturated rings. The highest BCUT2D eigenvalue weighted by atomic mass is 32.2. The van der Waals surface area contributed by atoms with E-state index < -0.39 is 21.8 Å². The van der Waals surface area contributed by atoms with Crippen LogP contribution >= 0.6 is 0 Å². The van der Waals surface area contributed by atoms with E-state index in [1.54, 1.807) is 0 Å². The van der Waals surface area contributed by atoms with E-state index in [0.717, 1.165) is 19.0 Å². The summed E-state index contributed by atoms with van der Waals surface area (Å²) in [6.45, 7) is 0.668. The van der Waals surface area contributed by atoms with Gasteiger partial charge >= 0.3 is 6.18 Å². The molecule has 0 aromatic carbocycles. The van der Waals surface area contributed by atoms with E-state index in [-0.39, 0.29) is 18.4 Å². The van der Waals surface area contributed by atoms with Gasteiger partial charge in [-0.05, 0) is 19.3 Å². The summed E-state index contributed by atoms with van der Waals surface area (Å²) in [4.78, 5) is 6.99. The van der Waals surface area contributed by atoms with Gasteiger partial charge in [0.25, 0.3) is 0 Å². The van der Waals surface area contributed by atoms with Crippen molar-refractivity contribution in [3.63, 3.8) is 0 Å². The fourth-order valence-corrected chi connectivity index (χ4v) is 3.78. The quantitative estimate of drug-likeness (QED) is 0.885. The number of anilines is 1. The van der Waals surface area contributed by atoms with Crippen LogP contribution in [0.25, 0.3) is 0 Å². The third-order valence-electron chi connectivity index (χ3n) is 3.54. The number of alkyl halides is 3. The Hall–Kier alpha value is -1.42. The fourth-order valence-electron chi connectivity index (χ4n) is 2.57. The number of nitrogens with zero attached hydrogens (tertiary/aromatic N) is 3. The van der Waals surface area contributed by atoms with Crippen molar-refractivity contribution in [3.8, 4) is 0 Å². The van der Waals surface area contributed by atoms with Crippen LogP contribution in [0.15, 0.2) is 12.5 Å². The average molecular weight is 338 g/mol. The fraction of sp³-hybridized carbons (Fsp3) is 0.667. The first kappa shape index (κ1) is 16.9. The van der Waals surface area contributed by atoms with Crippen molar-refractivity contribution in [3.05, 3.63) is 18.1 Å². The number of aromatic nitrogens is 2. The van der Waals surface area contributed by atoms with Gasteiger partial charge < -0.3 is 5.32 Å². The van der Waals surface area contributed by atoms with Gasteiger partial charge in [-0.15, -0.1) is 0 Å². The van der Waals surface area contributed by atoms with Gasteiger partial charge in [0.05, 0.1) is 6.26 Å². The normalized spacial score (nSPS) is 20.3. The van der Waals surface area contributed by atoms with Gasteiger partial charge in [0.15, 0.2) is 0 Å². The van der Waals surface area contributed by atoms with E-state index >= 15 is 0 Å². The molecule has 0 spiro atoms. The van der Waals surface area contributed by atoms with Crippen LogP contribution in [0.3, 0.4) is 0 Å². The molecule has 0 radical (unpaired) electrons. The minimum atomic E-state index is -4.53. The Balaban J connectivity index is 1.98. The Labute approximate surface area is 126 Å². The van der Waals surface area contributed by atoms with Gasteiger partial charge in [-0.25, -0.2) is 18.4 Å². The van der Waals surface area contributed by atoms with Crippen molar-refractivity contribution in [2.45, 2.75) is 31.5 Å². The van der Waals surface area contributed by atoms with E-state index in [1.165, 1.54) is 4.31 Å². The highest BCUT2D eigenvalue weighted by Gasteiger charge is 2.35. The van der Waals surface area contributed by atoms with E-state index in [1.807, 2.05) is 0 Å². The molecule has 1 aliphatic rings. The molecule has 1 N–H and O–H groups in total. The predicted molar refractivity (Wildman–Crippen MR) is 74.7 cm³/mol. The zero-order valence-corrected chi connectivity index (χ0v) is 12.8. The monoisotopic (exact) mass is 338 g/mol. The molecule has 1 aliphatic heterocycles. The molecule has 6 nitrogen and oxygen atoms in total. The molecule has 124 valence electrons. The molecule has 22 heavy (non-hydrogen) atoms. The van der Waals surface area contributed by atoms with Gasteiger partial charge in [0, 0.05) is 25.3 Å². The van der Waals surface area contributed by atoms with Crippen LogP contribution in [-0.4, -0.2) is 48.1 Å². The van der Waals surface area contributed by atoms with E-state index in [2.05, 4.69) is 15.3 Å². The molecule has 0 bridgehead atoms. The topological polar surface area (TPSA) is 75.2 Å². The molecule has 10 heteroatoms. The molecule has 1 saturated heterocycles. The molecule has 0 amide bonds. The lowest BCUT2D eigenvalue weighted by Gasteiger charge is -2.22. The molecule has 0 saturated carbocycles. The second kappa shape index (κ2) is 6.37. The Morgan fingerprint density at radius 1 is 1.45 bits per heavy atom. The van der Waals surface area contributed by atoms with Crippen LogP contribution in [0.1, 0.15) is 24.8 Å². The summed E-state index contributed by atoms with van der Waals surface area (Å²) < 4.78 is 63.0. The van der Waals surface area contributed by atoms with E-state index in [0.29, 0.717) is 25.6 Å². The van der Waals surface area contributed by atoms with E-state index in [4.69, 9.17) is 0 Å². The number of rotatable bonds is 5. The zero-order chi connectivity index (χ0) is 16.4. The highest BCUT2D eigenvalue weighted by molar-refractivity contribution is 7.88. The average Bonchev–Trinajstić information content (AvgIpc) is 2.86. The van der Waals surface area contributed by atoms with Gasteiger partial charge in [0.2, 0.25) is 10.0 Å². The highest BCUT2D eigenvalue weighted by Crippen LogP contribution is 2.33. The Kier molecular flexibility index (Phi) is 4.90. The summed E-state index contributed by atoms with van der Waals surface area (Å²) in [5.74, 6) is -0.286. The predicted octanol–water partition coefficient (Wildman–Crippen LogP) is 1.72. The maximum absolute atomic E-state index is 12.8. The number of hydrogen-bond acceptors (Lipinski definition) is 5. The van der Waals surface area contributed by atoms with Crippen LogP contribution < -0.4 is 5.32 Å². The van der Waals surface area contributed by atoms with E-state index in [9.17, 15) is 21.6 Å². The lowest BCUT2D eigenvalue weighted by atomic mass is 10.1. The molecular formula is C12H17F3N4O2S. The summed E-state index contributed by atoms with van der Waals surface area (Å²) in [5, 5.41) is 2.63. The van der Waals surface area contributed by atoms with Gasteiger partial charge in [-0.2, -0.15) is 17.5 Å². The Morgan fingerprint density at radius 2 is 2.18 bits per heavy atom. The summed E-state index contributed by atoms with van der Waals surface area (Å²) in [7, 11) is -3.28. The number of hydrogen-bond donors (Lipinski definition) is 1. The molecule has 1 aromatic rings. The summed E-state index contributed by atoms with van der Waals surface area (Å²) in [5.41, 5.74) is -0.929. The maximum atomic E-state index is 12.8. The lowest BCUT2D eigenvalue weighted by molar-refractivity contribution is -0.137. The molecular weight excluding hydrogens is 321 g/mol. The van der Waals surface area contributed by atoms with Gasteiger partial charge in [0.1, 0.15) is 17.7 Å². The first-order chi connectivity index (χ1) is 10.2. The number of halogens is 3. The number of nitrogens with one attached hydrogen (secondary N) is 1. The molecule has 2 rings (SSSR count). The number of sulfonamides is 1.